The number of benzene rings is 2. The van der Waals surface area contributed by atoms with Crippen molar-refractivity contribution in [3.63, 3.8) is 0 Å². The number of carbonyl (C=O) groups excluding carboxylic acids is 4. The van der Waals surface area contributed by atoms with Crippen LogP contribution in [0.1, 0.15) is 231 Å². The number of hydrogen-bond acceptors (Lipinski definition) is 8. The molecule has 2 aromatic carbocycles. The van der Waals surface area contributed by atoms with Gasteiger partial charge in [0.1, 0.15) is 5.66 Å². The van der Waals surface area contributed by atoms with Gasteiger partial charge in [0.15, 0.2) is 5.17 Å². The number of amides is 2. The van der Waals surface area contributed by atoms with E-state index in [0.29, 0.717) is 49.0 Å². The van der Waals surface area contributed by atoms with Crippen LogP contribution in [-0.4, -0.2) is 74.2 Å². The average Bonchev–Trinajstić information content (AvgIpc) is 3.66. The first kappa shape index (κ1) is 70.2. The molecule has 6 rings (SSSR count). The number of nitrogens with zero attached hydrogens (tertiary/aromatic N) is 4. The SMILES string of the molecule is CCCOC(=O)c1ccc([C@@H](CCC(C)(C)C)N2C(=O)C(Cl)=NC23CCC(C(C)(C)C)CC3)cc1.CCCOC(=O)c1ccc([C@@H](CCC(C)(C)C)N2C(=O)C=[N+]([O-])C23CCC(C(C)(C)C)CC3)cc1.P.[Pd].[Pd].[Pd]. The molecular weight excluding hydrogens is 1250 g/mol. The van der Waals surface area contributed by atoms with Gasteiger partial charge in [-0.2, -0.15) is 14.6 Å². The van der Waals surface area contributed by atoms with E-state index >= 15 is 0 Å². The third-order valence-electron chi connectivity index (χ3n) is 15.4. The molecule has 0 bridgehead atoms. The van der Waals surface area contributed by atoms with Crippen molar-refractivity contribution in [2.24, 2.45) is 38.5 Å². The van der Waals surface area contributed by atoms with Gasteiger partial charge in [0.2, 0.25) is 6.21 Å². The Bertz CT molecular complexity index is 2120. The Morgan fingerprint density at radius 2 is 1.03 bits per heavy atom. The van der Waals surface area contributed by atoms with Crippen LogP contribution in [0.25, 0.3) is 0 Å². The molecule has 11 nitrogen and oxygen atoms in total. The molecule has 2 aliphatic carbocycles. The number of aliphatic imine (C=N–C) groups is 1. The summed E-state index contributed by atoms with van der Waals surface area (Å²) >= 11 is 6.44. The summed E-state index contributed by atoms with van der Waals surface area (Å²) < 4.78 is 11.5. The van der Waals surface area contributed by atoms with Gasteiger partial charge < -0.3 is 19.6 Å². The first-order valence-corrected chi connectivity index (χ1v) is 26.7. The minimum absolute atomic E-state index is 0. The second-order valence-corrected chi connectivity index (χ2v) is 25.6. The molecule has 3 atom stereocenters. The first-order valence-electron chi connectivity index (χ1n) is 26.3. The van der Waals surface area contributed by atoms with Gasteiger partial charge in [-0.1, -0.05) is 133 Å². The van der Waals surface area contributed by atoms with Gasteiger partial charge >= 0.3 is 17.8 Å². The Morgan fingerprint density at radius 3 is 1.38 bits per heavy atom. The van der Waals surface area contributed by atoms with E-state index < -0.39 is 11.3 Å². The molecule has 2 spiro atoms. The molecule has 2 fully saturated rings. The van der Waals surface area contributed by atoms with Crippen LogP contribution in [0.3, 0.4) is 0 Å². The van der Waals surface area contributed by atoms with Crippen LogP contribution in [0.5, 0.6) is 0 Å². The van der Waals surface area contributed by atoms with Crippen molar-refractivity contribution in [2.45, 2.75) is 210 Å². The third-order valence-corrected chi connectivity index (χ3v) is 15.6. The second kappa shape index (κ2) is 28.9. The normalized spacial score (nSPS) is 22.7. The van der Waals surface area contributed by atoms with Gasteiger partial charge in [-0.25, -0.2) is 14.6 Å². The van der Waals surface area contributed by atoms with Gasteiger partial charge in [0, 0.05) is 74.1 Å². The minimum Gasteiger partial charge on any atom is -0.622 e. The fourth-order valence-electron chi connectivity index (χ4n) is 11.0. The van der Waals surface area contributed by atoms with E-state index in [9.17, 15) is 24.4 Å². The van der Waals surface area contributed by atoms with E-state index in [1.54, 1.807) is 12.1 Å². The van der Waals surface area contributed by atoms with Crippen molar-refractivity contribution in [3.05, 3.63) is 76.0 Å². The van der Waals surface area contributed by atoms with Crippen LogP contribution in [0.2, 0.25) is 0 Å². The zero-order valence-electron chi connectivity index (χ0n) is 47.0. The van der Waals surface area contributed by atoms with Gasteiger partial charge in [-0.05, 0) is 146 Å². The Kier molecular flexibility index (Phi) is 27.4. The molecule has 2 amide bonds. The molecule has 1 unspecified atom stereocenters. The fourth-order valence-corrected chi connectivity index (χ4v) is 11.3. The van der Waals surface area contributed by atoms with Crippen molar-refractivity contribution in [1.29, 1.82) is 0 Å². The van der Waals surface area contributed by atoms with Crippen LogP contribution >= 0.6 is 21.5 Å². The topological polar surface area (TPSA) is 132 Å². The molecule has 2 saturated carbocycles. The quantitative estimate of drug-likeness (QED) is 0.0605. The third kappa shape index (κ3) is 17.8. The monoisotopic (exact) mass is 1340 g/mol. The molecule has 4 aliphatic rings. The Morgan fingerprint density at radius 1 is 0.662 bits per heavy atom. The van der Waals surface area contributed by atoms with E-state index in [4.69, 9.17) is 26.1 Å². The maximum Gasteiger partial charge on any atom is 0.338 e. The number of ether oxygens (including phenoxy) is 2. The van der Waals surface area contributed by atoms with E-state index in [-0.39, 0.29) is 134 Å². The van der Waals surface area contributed by atoms with Crippen molar-refractivity contribution in [1.82, 2.24) is 9.80 Å². The van der Waals surface area contributed by atoms with E-state index in [1.807, 2.05) is 60.0 Å². The van der Waals surface area contributed by atoms with Gasteiger partial charge in [0.05, 0.1) is 36.4 Å². The molecule has 74 heavy (non-hydrogen) atoms. The van der Waals surface area contributed by atoms with Crippen molar-refractivity contribution >= 4 is 56.6 Å². The summed E-state index contributed by atoms with van der Waals surface area (Å²) in [7, 11) is 0. The number of carbonyl (C=O) groups is 4. The summed E-state index contributed by atoms with van der Waals surface area (Å²) in [5.74, 6) is 0.0931. The standard InChI is InChI=1S/C29H43ClN2O3.C29H44N2O4.H3P.3Pd/c1-8-19-35-26(34)21-11-9-20(10-12-21)23(15-16-27(2,3)4)32-25(33)24(30)31-29(32)17-13-22(14-18-29)28(5,6)7;1-8-19-35-26(33)22-11-9-21(10-12-22)24(15-16-27(2,3)4)31-25(32)20-30(34)29(31)17-13-23(14-18-29)28(5,6)7;;;;/h9-12,22-23H,8,13-19H2,1-7H3;9-12,20,23-24H,8,13-19H2,1-7H3;1H3;;;/t22?,23-,29?;23?,24-,29?;;;;/m11..../s1. The molecule has 0 aromatic heterocycles. The van der Waals surface area contributed by atoms with Crippen LogP contribution in [0.4, 0.5) is 0 Å². The molecule has 426 valence electrons. The number of rotatable bonds is 14. The fraction of sp³-hybridized carbons (Fsp3) is 0.690. The average molecular weight is 1340 g/mol. The number of halogens is 1. The molecule has 0 saturated heterocycles. The Balaban J connectivity index is 0.000000702. The molecule has 2 heterocycles. The zero-order chi connectivity index (χ0) is 52.0. The van der Waals surface area contributed by atoms with Gasteiger partial charge in [-0.15, -0.1) is 0 Å². The molecule has 0 radical (unpaired) electrons. The molecule has 2 aromatic rings. The minimum atomic E-state index is -0.833. The van der Waals surface area contributed by atoms with Crippen LogP contribution < -0.4 is 0 Å². The van der Waals surface area contributed by atoms with Crippen molar-refractivity contribution < 1.29 is 94.7 Å². The summed E-state index contributed by atoms with van der Waals surface area (Å²) in [5.41, 5.74) is 2.19. The largest absolute Gasteiger partial charge is 0.622 e. The smallest absolute Gasteiger partial charge is 0.338 e. The maximum atomic E-state index is 13.5. The molecule has 2 aliphatic heterocycles. The number of esters is 2. The van der Waals surface area contributed by atoms with Crippen LogP contribution in [0, 0.1) is 38.7 Å². The Hall–Kier alpha value is -1.83. The van der Waals surface area contributed by atoms with Gasteiger partial charge in [0.25, 0.3) is 11.6 Å². The molecular formula is C58H90ClN4O7PPd3. The first-order chi connectivity index (χ1) is 32.6. The molecule has 0 N–H and O–H groups in total. The molecule has 16 heteroatoms. The maximum absolute atomic E-state index is 13.5. The summed E-state index contributed by atoms with van der Waals surface area (Å²) in [6, 6.07) is 14.5. The van der Waals surface area contributed by atoms with Crippen molar-refractivity contribution in [3.8, 4) is 0 Å². The predicted octanol–water partition coefficient (Wildman–Crippen LogP) is 14.1. The predicted molar refractivity (Wildman–Crippen MR) is 293 cm³/mol. The van der Waals surface area contributed by atoms with Crippen LogP contribution in [0.15, 0.2) is 53.5 Å². The summed E-state index contributed by atoms with van der Waals surface area (Å²) in [6.45, 7) is 31.6. The number of hydroxylamine groups is 1. The van der Waals surface area contributed by atoms with E-state index in [0.717, 1.165) is 92.9 Å². The summed E-state index contributed by atoms with van der Waals surface area (Å²) in [6.07, 6.45) is 13.1. The summed E-state index contributed by atoms with van der Waals surface area (Å²) in [5, 5.41) is 13.3. The zero-order valence-corrected chi connectivity index (χ0v) is 53.8. The van der Waals surface area contributed by atoms with Gasteiger partial charge in [-0.3, -0.25) is 14.5 Å². The number of hydrogen-bond donors (Lipinski definition) is 0. The summed E-state index contributed by atoms with van der Waals surface area (Å²) in [4.78, 5) is 60.1. The van der Waals surface area contributed by atoms with Crippen LogP contribution in [-0.2, 0) is 80.3 Å². The Labute approximate surface area is 495 Å². The van der Waals surface area contributed by atoms with E-state index in [2.05, 4.69) is 83.1 Å². The van der Waals surface area contributed by atoms with E-state index in [1.165, 1.54) is 6.21 Å². The second-order valence-electron chi connectivity index (χ2n) is 25.2. The van der Waals surface area contributed by atoms with Crippen molar-refractivity contribution in [2.75, 3.05) is 13.2 Å².